The van der Waals surface area contributed by atoms with Crippen LogP contribution in [0.2, 0.25) is 0 Å². The van der Waals surface area contributed by atoms with Gasteiger partial charge in [-0.15, -0.1) is 0 Å². The van der Waals surface area contributed by atoms with Crippen LogP contribution in [0.5, 0.6) is 11.5 Å². The van der Waals surface area contributed by atoms with Gasteiger partial charge in [0.1, 0.15) is 0 Å². The smallest absolute Gasteiger partial charge is 0.264 e. The maximum absolute atomic E-state index is 12.6. The van der Waals surface area contributed by atoms with Crippen molar-refractivity contribution in [1.82, 2.24) is 9.97 Å². The second kappa shape index (κ2) is 8.67. The molecule has 0 fully saturated rings. The van der Waals surface area contributed by atoms with Crippen LogP contribution < -0.4 is 19.5 Å². The van der Waals surface area contributed by atoms with Gasteiger partial charge in [0, 0.05) is 34.9 Å². The number of nitrogens with one attached hydrogen (secondary N) is 2. The molecule has 0 saturated heterocycles. The second-order valence-electron chi connectivity index (χ2n) is 7.01. The first-order valence-corrected chi connectivity index (χ1v) is 11.1. The molecule has 9 nitrogen and oxygen atoms in total. The lowest BCUT2D eigenvalue weighted by atomic mass is 10.1. The summed E-state index contributed by atoms with van der Waals surface area (Å²) < 4.78 is 38.1. The molecule has 32 heavy (non-hydrogen) atoms. The van der Waals surface area contributed by atoms with E-state index in [0.29, 0.717) is 34.1 Å². The van der Waals surface area contributed by atoms with E-state index in [1.807, 2.05) is 0 Å². The van der Waals surface area contributed by atoms with Gasteiger partial charge in [0.05, 0.1) is 4.90 Å². The minimum atomic E-state index is -3.84. The van der Waals surface area contributed by atoms with Gasteiger partial charge >= 0.3 is 0 Å². The van der Waals surface area contributed by atoms with E-state index in [9.17, 15) is 13.2 Å². The Labute approximate surface area is 185 Å². The van der Waals surface area contributed by atoms with E-state index in [2.05, 4.69) is 20.0 Å². The van der Waals surface area contributed by atoms with Crippen LogP contribution in [0, 0.1) is 13.8 Å². The minimum Gasteiger partial charge on any atom is -0.454 e. The summed E-state index contributed by atoms with van der Waals surface area (Å²) in [5.41, 5.74) is 2.41. The summed E-state index contributed by atoms with van der Waals surface area (Å²) in [4.78, 5) is 20.6. The third kappa shape index (κ3) is 4.86. The first kappa shape index (κ1) is 21.3. The molecule has 0 spiro atoms. The summed E-state index contributed by atoms with van der Waals surface area (Å²) in [6.07, 6.45) is 2.86. The Hall–Kier alpha value is -3.92. The topological polar surface area (TPSA) is 120 Å². The highest BCUT2D eigenvalue weighted by Gasteiger charge is 2.17. The molecule has 2 heterocycles. The van der Waals surface area contributed by atoms with Crippen molar-refractivity contribution in [3.05, 3.63) is 77.8 Å². The Morgan fingerprint density at radius 1 is 0.969 bits per heavy atom. The summed E-state index contributed by atoms with van der Waals surface area (Å²) in [5.74, 6) is 0.952. The Morgan fingerprint density at radius 2 is 1.66 bits per heavy atom. The van der Waals surface area contributed by atoms with Crippen LogP contribution in [0.4, 0.5) is 11.6 Å². The number of aromatic nitrogens is 2. The van der Waals surface area contributed by atoms with Gasteiger partial charge in [-0.3, -0.25) is 4.79 Å². The quantitative estimate of drug-likeness (QED) is 0.413. The fourth-order valence-electron chi connectivity index (χ4n) is 3.04. The van der Waals surface area contributed by atoms with Crippen molar-refractivity contribution in [2.24, 2.45) is 0 Å². The number of allylic oxidation sites excluding steroid dienone is 1. The van der Waals surface area contributed by atoms with Crippen LogP contribution in [-0.2, 0) is 10.0 Å². The number of carbonyl (C=O) groups excluding carboxylic acids is 1. The van der Waals surface area contributed by atoms with Crippen molar-refractivity contribution in [2.45, 2.75) is 18.7 Å². The molecule has 0 unspecified atom stereocenters. The molecule has 1 aliphatic heterocycles. The molecule has 0 saturated carbocycles. The van der Waals surface area contributed by atoms with Crippen molar-refractivity contribution in [2.75, 3.05) is 16.8 Å². The predicted molar refractivity (Wildman–Crippen MR) is 118 cm³/mol. The summed E-state index contributed by atoms with van der Waals surface area (Å²) >= 11 is 0. The lowest BCUT2D eigenvalue weighted by Gasteiger charge is -2.09. The Bertz CT molecular complexity index is 1280. The predicted octanol–water partition coefficient (Wildman–Crippen LogP) is 3.43. The standard InChI is InChI=1S/C22H20N4O5S/c1-14-11-15(2)25-22(24-14)26-32(28,29)18-6-4-17(5-7-18)23-10-9-19(27)16-3-8-20-21(12-16)31-13-30-20/h3-12,23H,13H2,1-2H3,(H,24,25,26)/b10-9+. The molecule has 1 aliphatic rings. The number of rotatable bonds is 7. The number of hydrogen-bond donors (Lipinski definition) is 2. The zero-order valence-electron chi connectivity index (χ0n) is 17.3. The number of aryl methyl sites for hydroxylation is 2. The molecule has 0 aliphatic carbocycles. The zero-order chi connectivity index (χ0) is 22.7. The van der Waals surface area contributed by atoms with Crippen molar-refractivity contribution in [1.29, 1.82) is 0 Å². The average molecular weight is 452 g/mol. The van der Waals surface area contributed by atoms with Crippen LogP contribution in [0.3, 0.4) is 0 Å². The van der Waals surface area contributed by atoms with E-state index in [0.717, 1.165) is 0 Å². The highest BCUT2D eigenvalue weighted by Crippen LogP contribution is 2.32. The molecule has 0 amide bonds. The van der Waals surface area contributed by atoms with E-state index in [1.165, 1.54) is 24.4 Å². The van der Waals surface area contributed by atoms with E-state index < -0.39 is 10.0 Å². The van der Waals surface area contributed by atoms with Crippen molar-refractivity contribution in [3.8, 4) is 11.5 Å². The van der Waals surface area contributed by atoms with Crippen LogP contribution >= 0.6 is 0 Å². The highest BCUT2D eigenvalue weighted by atomic mass is 32.2. The fourth-order valence-corrected chi connectivity index (χ4v) is 3.98. The lowest BCUT2D eigenvalue weighted by molar-refractivity contribution is 0.104. The molecule has 3 aromatic rings. The van der Waals surface area contributed by atoms with E-state index >= 15 is 0 Å². The molecular formula is C22H20N4O5S. The number of nitrogens with zero attached hydrogens (tertiary/aromatic N) is 2. The Morgan fingerprint density at radius 3 is 2.38 bits per heavy atom. The molecule has 164 valence electrons. The summed E-state index contributed by atoms with van der Waals surface area (Å²) in [6.45, 7) is 3.67. The Balaban J connectivity index is 1.39. The number of ether oxygens (including phenoxy) is 2. The second-order valence-corrected chi connectivity index (χ2v) is 8.70. The minimum absolute atomic E-state index is 0.0228. The van der Waals surface area contributed by atoms with Crippen molar-refractivity contribution < 1.29 is 22.7 Å². The molecule has 2 aromatic carbocycles. The van der Waals surface area contributed by atoms with Gasteiger partial charge in [-0.25, -0.2) is 23.1 Å². The van der Waals surface area contributed by atoms with Gasteiger partial charge in [0.2, 0.25) is 12.7 Å². The largest absolute Gasteiger partial charge is 0.454 e. The molecule has 1 aromatic heterocycles. The average Bonchev–Trinajstić information content (AvgIpc) is 3.21. The number of benzene rings is 2. The van der Waals surface area contributed by atoms with E-state index in [4.69, 9.17) is 9.47 Å². The number of anilines is 2. The first-order valence-electron chi connectivity index (χ1n) is 9.62. The molecule has 0 atom stereocenters. The number of ketones is 1. The molecule has 4 rings (SSSR count). The number of hydrogen-bond acceptors (Lipinski definition) is 8. The summed E-state index contributed by atoms with van der Waals surface area (Å²) in [5, 5.41) is 2.94. The first-order chi connectivity index (χ1) is 15.3. The van der Waals surface area contributed by atoms with Gasteiger partial charge in [0.25, 0.3) is 10.0 Å². The molecule has 10 heteroatoms. The lowest BCUT2D eigenvalue weighted by Crippen LogP contribution is -2.15. The van der Waals surface area contributed by atoms with Gasteiger partial charge in [0.15, 0.2) is 17.3 Å². The molecule has 0 radical (unpaired) electrons. The molecule has 0 bridgehead atoms. The zero-order valence-corrected chi connectivity index (χ0v) is 18.1. The SMILES string of the molecule is Cc1cc(C)nc(NS(=O)(=O)c2ccc(N/C=C/C(=O)c3ccc4c(c3)OCO4)cc2)n1. The number of fused-ring (bicyclic) bond motifs is 1. The molecular weight excluding hydrogens is 432 g/mol. The highest BCUT2D eigenvalue weighted by molar-refractivity contribution is 7.92. The Kier molecular flexibility index (Phi) is 5.78. The maximum atomic E-state index is 12.6. The fraction of sp³-hybridized carbons (Fsp3) is 0.136. The summed E-state index contributed by atoms with van der Waals surface area (Å²) in [6, 6.07) is 12.8. The maximum Gasteiger partial charge on any atom is 0.264 e. The van der Waals surface area contributed by atoms with Crippen molar-refractivity contribution in [3.63, 3.8) is 0 Å². The van der Waals surface area contributed by atoms with Gasteiger partial charge in [-0.2, -0.15) is 0 Å². The number of sulfonamides is 1. The van der Waals surface area contributed by atoms with Crippen LogP contribution in [0.1, 0.15) is 21.7 Å². The monoisotopic (exact) mass is 452 g/mol. The van der Waals surface area contributed by atoms with Crippen molar-refractivity contribution >= 4 is 27.4 Å². The van der Waals surface area contributed by atoms with Gasteiger partial charge in [-0.05, 0) is 62.4 Å². The van der Waals surface area contributed by atoms with E-state index in [1.54, 1.807) is 50.2 Å². The van der Waals surface area contributed by atoms with Crippen LogP contribution in [0.25, 0.3) is 0 Å². The summed E-state index contributed by atoms with van der Waals surface area (Å²) in [7, 11) is -3.84. The van der Waals surface area contributed by atoms with Gasteiger partial charge in [-0.1, -0.05) is 0 Å². The van der Waals surface area contributed by atoms with Crippen LogP contribution in [-0.4, -0.2) is 31.0 Å². The van der Waals surface area contributed by atoms with E-state index in [-0.39, 0.29) is 23.4 Å². The third-order valence-electron chi connectivity index (χ3n) is 4.51. The number of carbonyl (C=O) groups is 1. The third-order valence-corrected chi connectivity index (χ3v) is 5.86. The van der Waals surface area contributed by atoms with Gasteiger partial charge < -0.3 is 14.8 Å². The van der Waals surface area contributed by atoms with Crippen LogP contribution in [0.15, 0.2) is 65.7 Å². The molecule has 2 N–H and O–H groups in total. The normalized spacial score (nSPS) is 12.7.